The van der Waals surface area contributed by atoms with Crippen LogP contribution in [-0.2, 0) is 6.54 Å². The van der Waals surface area contributed by atoms with Crippen molar-refractivity contribution in [3.8, 4) is 0 Å². The van der Waals surface area contributed by atoms with Gasteiger partial charge < -0.3 is 4.90 Å². The van der Waals surface area contributed by atoms with Crippen LogP contribution in [-0.4, -0.2) is 34.7 Å². The molecule has 1 amide bonds. The first kappa shape index (κ1) is 15.0. The van der Waals surface area contributed by atoms with E-state index in [1.54, 1.807) is 38.5 Å². The van der Waals surface area contributed by atoms with E-state index in [0.29, 0.717) is 17.5 Å². The molecule has 0 bridgehead atoms. The van der Waals surface area contributed by atoms with Crippen LogP contribution in [0.3, 0.4) is 0 Å². The summed E-state index contributed by atoms with van der Waals surface area (Å²) in [6.07, 6.45) is 1.70. The van der Waals surface area contributed by atoms with Crippen molar-refractivity contribution in [1.82, 2.24) is 14.7 Å². The van der Waals surface area contributed by atoms with Crippen molar-refractivity contribution in [1.29, 1.82) is 0 Å². The first-order chi connectivity index (χ1) is 11.1. The second kappa shape index (κ2) is 6.04. The molecule has 0 unspecified atom stereocenters. The Morgan fingerprint density at radius 2 is 1.78 bits per heavy atom. The summed E-state index contributed by atoms with van der Waals surface area (Å²) in [4.78, 5) is 25.8. The van der Waals surface area contributed by atoms with Gasteiger partial charge in [0.15, 0.2) is 0 Å². The highest BCUT2D eigenvalue weighted by molar-refractivity contribution is 5.93. The molecule has 1 aromatic heterocycles. The zero-order chi connectivity index (χ0) is 16.4. The fourth-order valence-electron chi connectivity index (χ4n) is 2.42. The molecule has 5 nitrogen and oxygen atoms in total. The molecule has 0 aliphatic rings. The Labute approximate surface area is 133 Å². The highest BCUT2D eigenvalue weighted by Gasteiger charge is 2.08. The van der Waals surface area contributed by atoms with Crippen molar-refractivity contribution in [3.63, 3.8) is 0 Å². The molecule has 0 radical (unpaired) electrons. The minimum absolute atomic E-state index is 0.0439. The van der Waals surface area contributed by atoms with Gasteiger partial charge in [-0.05, 0) is 23.8 Å². The van der Waals surface area contributed by atoms with Gasteiger partial charge in [-0.15, -0.1) is 0 Å². The van der Waals surface area contributed by atoms with E-state index in [9.17, 15) is 9.59 Å². The third-order valence-corrected chi connectivity index (χ3v) is 3.70. The van der Waals surface area contributed by atoms with Crippen molar-refractivity contribution in [2.45, 2.75) is 6.54 Å². The third kappa shape index (κ3) is 2.99. The van der Waals surface area contributed by atoms with Crippen LogP contribution < -0.4 is 5.56 Å². The molecule has 0 aliphatic heterocycles. The quantitative estimate of drug-likeness (QED) is 0.745. The zero-order valence-corrected chi connectivity index (χ0v) is 13.1. The number of rotatable bonds is 3. The first-order valence-electron chi connectivity index (χ1n) is 7.32. The van der Waals surface area contributed by atoms with Gasteiger partial charge in [-0.1, -0.05) is 30.3 Å². The predicted molar refractivity (Wildman–Crippen MR) is 89.6 cm³/mol. The Balaban J connectivity index is 1.89. The molecule has 0 aliphatic carbocycles. The standard InChI is InChI=1S/C18H17N3O2/c1-20(2)17(22)14-9-7-13(8-10-14)12-21-18(23)16-6-4-3-5-15(16)11-19-21/h3-11H,12H2,1-2H3. The summed E-state index contributed by atoms with van der Waals surface area (Å²) in [6, 6.07) is 14.6. The Morgan fingerprint density at radius 3 is 2.48 bits per heavy atom. The van der Waals surface area contributed by atoms with Crippen molar-refractivity contribution < 1.29 is 4.79 Å². The smallest absolute Gasteiger partial charge is 0.274 e. The average molecular weight is 307 g/mol. The van der Waals surface area contributed by atoms with Crippen molar-refractivity contribution in [3.05, 3.63) is 76.2 Å². The van der Waals surface area contributed by atoms with E-state index in [1.807, 2.05) is 30.3 Å². The average Bonchev–Trinajstić information content (AvgIpc) is 2.57. The summed E-state index contributed by atoms with van der Waals surface area (Å²) >= 11 is 0. The molecule has 0 atom stereocenters. The van der Waals surface area contributed by atoms with E-state index in [4.69, 9.17) is 0 Å². The minimum Gasteiger partial charge on any atom is -0.345 e. The lowest BCUT2D eigenvalue weighted by molar-refractivity contribution is 0.0827. The molecule has 5 heteroatoms. The zero-order valence-electron chi connectivity index (χ0n) is 13.1. The highest BCUT2D eigenvalue weighted by Crippen LogP contribution is 2.09. The lowest BCUT2D eigenvalue weighted by Crippen LogP contribution is -2.23. The number of hydrogen-bond donors (Lipinski definition) is 0. The van der Waals surface area contributed by atoms with Gasteiger partial charge >= 0.3 is 0 Å². The Morgan fingerprint density at radius 1 is 1.09 bits per heavy atom. The minimum atomic E-state index is -0.114. The highest BCUT2D eigenvalue weighted by atomic mass is 16.2. The van der Waals surface area contributed by atoms with Gasteiger partial charge in [-0.2, -0.15) is 5.10 Å². The van der Waals surface area contributed by atoms with Gasteiger partial charge in [0.2, 0.25) is 0 Å². The van der Waals surface area contributed by atoms with E-state index in [2.05, 4.69) is 5.10 Å². The molecule has 23 heavy (non-hydrogen) atoms. The maximum atomic E-state index is 12.4. The van der Waals surface area contributed by atoms with E-state index >= 15 is 0 Å². The lowest BCUT2D eigenvalue weighted by atomic mass is 10.1. The van der Waals surface area contributed by atoms with Gasteiger partial charge in [-0.25, -0.2) is 4.68 Å². The molecule has 0 N–H and O–H groups in total. The van der Waals surface area contributed by atoms with Gasteiger partial charge in [0.25, 0.3) is 11.5 Å². The number of benzene rings is 2. The van der Waals surface area contributed by atoms with E-state index in [1.165, 1.54) is 9.58 Å². The van der Waals surface area contributed by atoms with Crippen LogP contribution in [0, 0.1) is 0 Å². The molecule has 0 saturated carbocycles. The van der Waals surface area contributed by atoms with Crippen molar-refractivity contribution >= 4 is 16.7 Å². The van der Waals surface area contributed by atoms with Crippen LogP contribution in [0.15, 0.2) is 59.5 Å². The first-order valence-corrected chi connectivity index (χ1v) is 7.32. The fraction of sp³-hybridized carbons (Fsp3) is 0.167. The van der Waals surface area contributed by atoms with Crippen LogP contribution >= 0.6 is 0 Å². The number of hydrogen-bond acceptors (Lipinski definition) is 3. The van der Waals surface area contributed by atoms with Crippen LogP contribution in [0.2, 0.25) is 0 Å². The molecule has 2 aromatic carbocycles. The summed E-state index contributed by atoms with van der Waals surface area (Å²) in [6.45, 7) is 0.375. The Hall–Kier alpha value is -2.95. The Kier molecular flexibility index (Phi) is 3.93. The van der Waals surface area contributed by atoms with Crippen molar-refractivity contribution in [2.75, 3.05) is 14.1 Å². The number of carbonyl (C=O) groups excluding carboxylic acids is 1. The number of aromatic nitrogens is 2. The van der Waals surface area contributed by atoms with E-state index in [0.717, 1.165) is 10.9 Å². The number of carbonyl (C=O) groups is 1. The molecular formula is C18H17N3O2. The van der Waals surface area contributed by atoms with E-state index in [-0.39, 0.29) is 11.5 Å². The van der Waals surface area contributed by atoms with Gasteiger partial charge in [-0.3, -0.25) is 9.59 Å². The second-order valence-electron chi connectivity index (χ2n) is 5.59. The Bertz CT molecular complexity index is 911. The molecule has 1 heterocycles. The number of fused-ring (bicyclic) bond motifs is 1. The van der Waals surface area contributed by atoms with Crippen molar-refractivity contribution in [2.24, 2.45) is 0 Å². The number of amides is 1. The summed E-state index contributed by atoms with van der Waals surface area (Å²) < 4.78 is 1.44. The van der Waals surface area contributed by atoms with Crippen LogP contribution in [0.25, 0.3) is 10.8 Å². The molecular weight excluding hydrogens is 290 g/mol. The molecule has 0 spiro atoms. The monoisotopic (exact) mass is 307 g/mol. The van der Waals surface area contributed by atoms with Crippen LogP contribution in [0.5, 0.6) is 0 Å². The molecule has 116 valence electrons. The summed E-state index contributed by atoms with van der Waals surface area (Å²) in [7, 11) is 3.43. The third-order valence-electron chi connectivity index (χ3n) is 3.70. The van der Waals surface area contributed by atoms with E-state index < -0.39 is 0 Å². The van der Waals surface area contributed by atoms with Gasteiger partial charge in [0.05, 0.1) is 18.1 Å². The molecule has 3 aromatic rings. The largest absolute Gasteiger partial charge is 0.345 e. The maximum Gasteiger partial charge on any atom is 0.274 e. The van der Waals surface area contributed by atoms with Crippen LogP contribution in [0.1, 0.15) is 15.9 Å². The fourth-order valence-corrected chi connectivity index (χ4v) is 2.42. The van der Waals surface area contributed by atoms with Crippen LogP contribution in [0.4, 0.5) is 0 Å². The molecule has 0 fully saturated rings. The normalized spacial score (nSPS) is 10.7. The van der Waals surface area contributed by atoms with Gasteiger partial charge in [0.1, 0.15) is 0 Å². The second-order valence-corrected chi connectivity index (χ2v) is 5.59. The number of nitrogens with zero attached hydrogens (tertiary/aromatic N) is 3. The summed E-state index contributed by atoms with van der Waals surface area (Å²) in [5.41, 5.74) is 1.43. The lowest BCUT2D eigenvalue weighted by Gasteiger charge is -2.11. The summed E-state index contributed by atoms with van der Waals surface area (Å²) in [5, 5.41) is 5.70. The SMILES string of the molecule is CN(C)C(=O)c1ccc(Cn2ncc3ccccc3c2=O)cc1. The summed E-state index contributed by atoms with van der Waals surface area (Å²) in [5.74, 6) is -0.0439. The van der Waals surface area contributed by atoms with Gasteiger partial charge in [0, 0.05) is 25.0 Å². The maximum absolute atomic E-state index is 12.4. The predicted octanol–water partition coefficient (Wildman–Crippen LogP) is 2.15. The molecule has 3 rings (SSSR count). The molecule has 0 saturated heterocycles. The topological polar surface area (TPSA) is 55.2 Å².